The van der Waals surface area contributed by atoms with Gasteiger partial charge in [0, 0.05) is 37.0 Å². The molecular weight excluding hydrogens is 270 g/mol. The zero-order valence-electron chi connectivity index (χ0n) is 10.5. The summed E-state index contributed by atoms with van der Waals surface area (Å²) < 4.78 is 0. The normalized spacial score (nSPS) is 11.9. The monoisotopic (exact) mass is 287 g/mol. The Labute approximate surface area is 114 Å². The zero-order valence-corrected chi connectivity index (χ0v) is 11.4. The first-order chi connectivity index (χ1) is 8.99. The second-order valence-corrected chi connectivity index (χ2v) is 4.90. The zero-order chi connectivity index (χ0) is 14.3. The number of urea groups is 1. The SMILES string of the molecule is Cc1csc(CCNC(=O)NCCC(O)C(=O)O)n1. The molecule has 0 bridgehead atoms. The van der Waals surface area contributed by atoms with E-state index in [1.54, 1.807) is 11.3 Å². The van der Waals surface area contributed by atoms with E-state index in [1.165, 1.54) is 0 Å². The molecule has 106 valence electrons. The van der Waals surface area contributed by atoms with Crippen molar-refractivity contribution in [1.82, 2.24) is 15.6 Å². The molecule has 1 unspecified atom stereocenters. The highest BCUT2D eigenvalue weighted by atomic mass is 32.1. The molecule has 2 amide bonds. The van der Waals surface area contributed by atoms with Gasteiger partial charge in [-0.25, -0.2) is 14.6 Å². The quantitative estimate of drug-likeness (QED) is 0.569. The van der Waals surface area contributed by atoms with Gasteiger partial charge in [0.1, 0.15) is 0 Å². The van der Waals surface area contributed by atoms with Crippen molar-refractivity contribution in [3.8, 4) is 0 Å². The first kappa shape index (κ1) is 15.4. The molecule has 7 nitrogen and oxygen atoms in total. The molecule has 0 aliphatic heterocycles. The molecule has 0 saturated heterocycles. The molecule has 0 aromatic carbocycles. The number of nitrogens with zero attached hydrogens (tertiary/aromatic N) is 1. The number of amides is 2. The van der Waals surface area contributed by atoms with E-state index in [1.807, 2.05) is 12.3 Å². The topological polar surface area (TPSA) is 112 Å². The summed E-state index contributed by atoms with van der Waals surface area (Å²) in [4.78, 5) is 25.9. The molecule has 0 spiro atoms. The second kappa shape index (κ2) is 7.70. The number of aliphatic carboxylic acids is 1. The number of hydrogen-bond donors (Lipinski definition) is 4. The minimum atomic E-state index is -1.45. The van der Waals surface area contributed by atoms with Gasteiger partial charge in [-0.1, -0.05) is 0 Å². The molecule has 0 saturated carbocycles. The van der Waals surface area contributed by atoms with Gasteiger partial charge in [0.15, 0.2) is 6.10 Å². The number of hydrogen-bond acceptors (Lipinski definition) is 5. The van der Waals surface area contributed by atoms with Crippen molar-refractivity contribution >= 4 is 23.3 Å². The van der Waals surface area contributed by atoms with Crippen LogP contribution in [0.3, 0.4) is 0 Å². The number of carboxylic acids is 1. The molecule has 0 fully saturated rings. The molecule has 8 heteroatoms. The van der Waals surface area contributed by atoms with Crippen LogP contribution in [0, 0.1) is 6.92 Å². The summed E-state index contributed by atoms with van der Waals surface area (Å²) in [5.41, 5.74) is 0.965. The van der Waals surface area contributed by atoms with Gasteiger partial charge in [0.2, 0.25) is 0 Å². The summed E-state index contributed by atoms with van der Waals surface area (Å²) >= 11 is 1.55. The van der Waals surface area contributed by atoms with Crippen molar-refractivity contribution in [1.29, 1.82) is 0 Å². The van der Waals surface area contributed by atoms with Gasteiger partial charge >= 0.3 is 12.0 Å². The third-order valence-corrected chi connectivity index (χ3v) is 3.31. The van der Waals surface area contributed by atoms with Crippen molar-refractivity contribution < 1.29 is 19.8 Å². The predicted molar refractivity (Wildman–Crippen MR) is 70.2 cm³/mol. The van der Waals surface area contributed by atoms with Gasteiger partial charge in [0.25, 0.3) is 0 Å². The third-order valence-electron chi connectivity index (χ3n) is 2.28. The predicted octanol–water partition coefficient (Wildman–Crippen LogP) is 0.129. The van der Waals surface area contributed by atoms with Crippen LogP contribution >= 0.6 is 11.3 Å². The fourth-order valence-corrected chi connectivity index (χ4v) is 2.08. The molecule has 19 heavy (non-hydrogen) atoms. The first-order valence-electron chi connectivity index (χ1n) is 5.82. The number of nitrogens with one attached hydrogen (secondary N) is 2. The fraction of sp³-hybridized carbons (Fsp3) is 0.545. The summed E-state index contributed by atoms with van der Waals surface area (Å²) in [6.45, 7) is 2.48. The van der Waals surface area contributed by atoms with Crippen molar-refractivity contribution in [2.24, 2.45) is 0 Å². The molecule has 1 aromatic rings. The average molecular weight is 287 g/mol. The lowest BCUT2D eigenvalue weighted by atomic mass is 10.2. The van der Waals surface area contributed by atoms with Crippen molar-refractivity contribution in [3.63, 3.8) is 0 Å². The maximum absolute atomic E-state index is 11.3. The Balaban J connectivity index is 2.10. The molecule has 4 N–H and O–H groups in total. The maximum Gasteiger partial charge on any atom is 0.332 e. The van der Waals surface area contributed by atoms with Crippen LogP contribution in [-0.4, -0.2) is 46.4 Å². The number of carboxylic acid groups (broad SMARTS) is 1. The number of carbonyl (C=O) groups excluding carboxylic acids is 1. The largest absolute Gasteiger partial charge is 0.479 e. The molecule has 0 aliphatic carbocycles. The number of carbonyl (C=O) groups is 2. The van der Waals surface area contributed by atoms with Gasteiger partial charge in [0.05, 0.1) is 5.01 Å². The Morgan fingerprint density at radius 3 is 2.68 bits per heavy atom. The Morgan fingerprint density at radius 2 is 2.11 bits per heavy atom. The van der Waals surface area contributed by atoms with E-state index in [2.05, 4.69) is 15.6 Å². The Kier molecular flexibility index (Phi) is 6.23. The summed E-state index contributed by atoms with van der Waals surface area (Å²) in [6.07, 6.45) is -0.809. The maximum atomic E-state index is 11.3. The molecule has 1 atom stereocenters. The third kappa shape index (κ3) is 6.16. The number of aromatic nitrogens is 1. The summed E-state index contributed by atoms with van der Waals surface area (Å²) in [6, 6.07) is -0.383. The van der Waals surface area contributed by atoms with Crippen LogP contribution in [0.4, 0.5) is 4.79 Å². The molecule has 0 radical (unpaired) electrons. The number of aliphatic hydroxyl groups excluding tert-OH is 1. The molecule has 1 rings (SSSR count). The summed E-state index contributed by atoms with van der Waals surface area (Å²) in [5, 5.41) is 25.4. The molecule has 0 aliphatic rings. The van der Waals surface area contributed by atoms with Crippen molar-refractivity contribution in [2.75, 3.05) is 13.1 Å². The van der Waals surface area contributed by atoms with Crippen molar-refractivity contribution in [2.45, 2.75) is 25.9 Å². The van der Waals surface area contributed by atoms with Gasteiger partial charge in [-0.3, -0.25) is 0 Å². The lowest BCUT2D eigenvalue weighted by Crippen LogP contribution is -2.38. The van der Waals surface area contributed by atoms with Crippen LogP contribution in [0.5, 0.6) is 0 Å². The molecular formula is C11H17N3O4S. The highest BCUT2D eigenvalue weighted by molar-refractivity contribution is 7.09. The van der Waals surface area contributed by atoms with Crippen LogP contribution in [-0.2, 0) is 11.2 Å². The Bertz CT molecular complexity index is 435. The average Bonchev–Trinajstić information content (AvgIpc) is 2.74. The van der Waals surface area contributed by atoms with E-state index in [9.17, 15) is 9.59 Å². The summed E-state index contributed by atoms with van der Waals surface area (Å²) in [5.74, 6) is -1.29. The van der Waals surface area contributed by atoms with E-state index < -0.39 is 12.1 Å². The number of aryl methyl sites for hydroxylation is 1. The molecule has 1 aromatic heterocycles. The van der Waals surface area contributed by atoms with Gasteiger partial charge in [-0.05, 0) is 6.92 Å². The number of rotatable bonds is 7. The second-order valence-electron chi connectivity index (χ2n) is 3.96. The number of thiazole rings is 1. The van der Waals surface area contributed by atoms with Crippen LogP contribution in [0.1, 0.15) is 17.1 Å². The molecule has 1 heterocycles. The smallest absolute Gasteiger partial charge is 0.332 e. The van der Waals surface area contributed by atoms with Crippen LogP contribution in [0.2, 0.25) is 0 Å². The van der Waals surface area contributed by atoms with Gasteiger partial charge in [-0.2, -0.15) is 0 Å². The summed E-state index contributed by atoms with van der Waals surface area (Å²) in [7, 11) is 0. The lowest BCUT2D eigenvalue weighted by Gasteiger charge is -2.08. The van der Waals surface area contributed by atoms with Gasteiger partial charge < -0.3 is 20.8 Å². The van der Waals surface area contributed by atoms with E-state index >= 15 is 0 Å². The number of aliphatic hydroxyl groups is 1. The van der Waals surface area contributed by atoms with E-state index in [0.29, 0.717) is 13.0 Å². The Hall–Kier alpha value is -1.67. The fourth-order valence-electron chi connectivity index (χ4n) is 1.31. The minimum absolute atomic E-state index is 0.0194. The van der Waals surface area contributed by atoms with Crippen molar-refractivity contribution in [3.05, 3.63) is 16.1 Å². The van der Waals surface area contributed by atoms with E-state index in [4.69, 9.17) is 10.2 Å². The van der Waals surface area contributed by atoms with Gasteiger partial charge in [-0.15, -0.1) is 11.3 Å². The first-order valence-corrected chi connectivity index (χ1v) is 6.70. The minimum Gasteiger partial charge on any atom is -0.479 e. The highest BCUT2D eigenvalue weighted by Crippen LogP contribution is 2.08. The standard InChI is InChI=1S/C11H17N3O4S/c1-7-6-19-9(14-7)3-5-13-11(18)12-4-2-8(15)10(16)17/h6,8,15H,2-5H2,1H3,(H,16,17)(H2,12,13,18). The van der Waals surface area contributed by atoms with E-state index in [-0.39, 0.29) is 19.0 Å². The Morgan fingerprint density at radius 1 is 1.42 bits per heavy atom. The lowest BCUT2D eigenvalue weighted by molar-refractivity contribution is -0.146. The van der Waals surface area contributed by atoms with Crippen LogP contribution in [0.15, 0.2) is 5.38 Å². The highest BCUT2D eigenvalue weighted by Gasteiger charge is 2.12. The van der Waals surface area contributed by atoms with Crippen LogP contribution < -0.4 is 10.6 Å². The van der Waals surface area contributed by atoms with E-state index in [0.717, 1.165) is 10.7 Å². The van der Waals surface area contributed by atoms with Crippen LogP contribution in [0.25, 0.3) is 0 Å².